The van der Waals surface area contributed by atoms with E-state index in [1.54, 1.807) is 13.8 Å². The van der Waals surface area contributed by atoms with Crippen LogP contribution in [-0.4, -0.2) is 17.3 Å². The van der Waals surface area contributed by atoms with Gasteiger partial charge in [-0.25, -0.2) is 0 Å². The zero-order valence-corrected chi connectivity index (χ0v) is 11.7. The smallest absolute Gasteiger partial charge is 0.124 e. The fraction of sp³-hybridized carbons (Fsp3) is 0.375. The normalized spacial score (nSPS) is 13.5. The van der Waals surface area contributed by atoms with Crippen molar-refractivity contribution in [1.29, 1.82) is 0 Å². The van der Waals surface area contributed by atoms with Gasteiger partial charge in [-0.1, -0.05) is 30.3 Å². The molecule has 3 nitrogen and oxygen atoms in total. The van der Waals surface area contributed by atoms with Crippen LogP contribution in [0.5, 0.6) is 5.75 Å². The fourth-order valence-corrected chi connectivity index (χ4v) is 2.23. The second kappa shape index (κ2) is 5.19. The topological polar surface area (TPSA) is 55.5 Å². The Balaban J connectivity index is 2.68. The molecule has 1 atom stereocenters. The van der Waals surface area contributed by atoms with E-state index in [0.29, 0.717) is 6.61 Å². The van der Waals surface area contributed by atoms with Crippen molar-refractivity contribution in [3.8, 4) is 5.75 Å². The Morgan fingerprint density at radius 1 is 1.21 bits per heavy atom. The van der Waals surface area contributed by atoms with E-state index < -0.39 is 11.6 Å². The average Bonchev–Trinajstić information content (AvgIpc) is 2.37. The number of rotatable bonds is 4. The lowest BCUT2D eigenvalue weighted by atomic mass is 9.88. The molecule has 0 aromatic heterocycles. The molecule has 0 aliphatic rings. The van der Waals surface area contributed by atoms with Crippen molar-refractivity contribution < 1.29 is 9.84 Å². The van der Waals surface area contributed by atoms with Crippen molar-refractivity contribution in [1.82, 2.24) is 0 Å². The molecule has 0 bridgehead atoms. The van der Waals surface area contributed by atoms with Gasteiger partial charge in [0.2, 0.25) is 0 Å². The summed E-state index contributed by atoms with van der Waals surface area (Å²) in [5, 5.41) is 12.3. The van der Waals surface area contributed by atoms with Gasteiger partial charge in [-0.2, -0.15) is 0 Å². The van der Waals surface area contributed by atoms with E-state index in [0.717, 1.165) is 22.1 Å². The molecule has 2 aromatic carbocycles. The van der Waals surface area contributed by atoms with Gasteiger partial charge in [0.25, 0.3) is 0 Å². The second-order valence-corrected chi connectivity index (χ2v) is 5.26. The summed E-state index contributed by atoms with van der Waals surface area (Å²) in [6, 6.07) is 11.4. The lowest BCUT2D eigenvalue weighted by molar-refractivity contribution is 0.0511. The number of nitrogens with two attached hydrogens (primary N) is 1. The van der Waals surface area contributed by atoms with Gasteiger partial charge in [0.1, 0.15) is 5.75 Å². The summed E-state index contributed by atoms with van der Waals surface area (Å²) < 4.78 is 5.67. The lowest BCUT2D eigenvalue weighted by Crippen LogP contribution is -2.35. The van der Waals surface area contributed by atoms with Crippen molar-refractivity contribution in [2.45, 2.75) is 32.4 Å². The number of aliphatic hydroxyl groups is 1. The summed E-state index contributed by atoms with van der Waals surface area (Å²) in [6.45, 7) is 5.95. The van der Waals surface area contributed by atoms with E-state index in [1.807, 2.05) is 43.3 Å². The predicted molar refractivity (Wildman–Crippen MR) is 78.3 cm³/mol. The SMILES string of the molecule is CCOc1ccc2ccccc2c1[C@@H](N)C(C)(C)O. The highest BCUT2D eigenvalue weighted by molar-refractivity contribution is 5.88. The van der Waals surface area contributed by atoms with Crippen molar-refractivity contribution in [2.75, 3.05) is 6.61 Å². The second-order valence-electron chi connectivity index (χ2n) is 5.26. The van der Waals surface area contributed by atoms with E-state index in [-0.39, 0.29) is 0 Å². The Hall–Kier alpha value is -1.58. The van der Waals surface area contributed by atoms with Crippen molar-refractivity contribution in [2.24, 2.45) is 5.73 Å². The van der Waals surface area contributed by atoms with Crippen LogP contribution in [0.2, 0.25) is 0 Å². The van der Waals surface area contributed by atoms with Crippen molar-refractivity contribution in [3.63, 3.8) is 0 Å². The molecule has 0 spiro atoms. The summed E-state index contributed by atoms with van der Waals surface area (Å²) in [6.07, 6.45) is 0. The number of hydrogen-bond acceptors (Lipinski definition) is 3. The summed E-state index contributed by atoms with van der Waals surface area (Å²) in [5.74, 6) is 0.746. The third kappa shape index (κ3) is 2.72. The van der Waals surface area contributed by atoms with Crippen LogP contribution >= 0.6 is 0 Å². The van der Waals surface area contributed by atoms with Crippen LogP contribution in [0, 0.1) is 0 Å². The molecular weight excluding hydrogens is 238 g/mol. The molecule has 0 fully saturated rings. The quantitative estimate of drug-likeness (QED) is 0.887. The third-order valence-corrected chi connectivity index (χ3v) is 3.30. The van der Waals surface area contributed by atoms with Gasteiger partial charge in [-0.05, 0) is 37.6 Å². The Labute approximate surface area is 114 Å². The molecule has 0 saturated carbocycles. The number of benzene rings is 2. The molecule has 2 rings (SSSR count). The van der Waals surface area contributed by atoms with Crippen LogP contribution in [0.4, 0.5) is 0 Å². The first kappa shape index (κ1) is 13.8. The van der Waals surface area contributed by atoms with Crippen molar-refractivity contribution in [3.05, 3.63) is 42.0 Å². The van der Waals surface area contributed by atoms with E-state index >= 15 is 0 Å². The van der Waals surface area contributed by atoms with Crippen LogP contribution < -0.4 is 10.5 Å². The van der Waals surface area contributed by atoms with Crippen LogP contribution in [0.1, 0.15) is 32.4 Å². The first-order chi connectivity index (χ1) is 8.95. The van der Waals surface area contributed by atoms with Crippen LogP contribution in [0.15, 0.2) is 36.4 Å². The molecule has 0 amide bonds. The van der Waals surface area contributed by atoms with Crippen molar-refractivity contribution >= 4 is 10.8 Å². The summed E-state index contributed by atoms with van der Waals surface area (Å²) in [7, 11) is 0. The Kier molecular flexibility index (Phi) is 3.78. The molecule has 0 aliphatic heterocycles. The molecular formula is C16H21NO2. The largest absolute Gasteiger partial charge is 0.494 e. The van der Waals surface area contributed by atoms with Gasteiger partial charge in [-0.15, -0.1) is 0 Å². The molecule has 0 heterocycles. The summed E-state index contributed by atoms with van der Waals surface area (Å²) in [4.78, 5) is 0. The van der Waals surface area contributed by atoms with E-state index in [2.05, 4.69) is 0 Å². The third-order valence-electron chi connectivity index (χ3n) is 3.30. The maximum absolute atomic E-state index is 10.2. The Morgan fingerprint density at radius 3 is 2.53 bits per heavy atom. The van der Waals surface area contributed by atoms with Crippen LogP contribution in [0.3, 0.4) is 0 Å². The number of fused-ring (bicyclic) bond motifs is 1. The number of hydrogen-bond donors (Lipinski definition) is 2. The standard InChI is InChI=1S/C16H21NO2/c1-4-19-13-10-9-11-7-5-6-8-12(11)14(13)15(17)16(2,3)18/h5-10,15,18H,4,17H2,1-3H3/t15-/m1/s1. The minimum Gasteiger partial charge on any atom is -0.494 e. The summed E-state index contributed by atoms with van der Waals surface area (Å²) in [5.41, 5.74) is 6.10. The molecule has 3 heteroatoms. The molecule has 2 aromatic rings. The predicted octanol–water partition coefficient (Wildman–Crippen LogP) is 3.01. The molecule has 19 heavy (non-hydrogen) atoms. The Morgan fingerprint density at radius 2 is 1.89 bits per heavy atom. The van der Waals surface area contributed by atoms with Gasteiger partial charge in [0.05, 0.1) is 18.2 Å². The maximum Gasteiger partial charge on any atom is 0.124 e. The molecule has 0 radical (unpaired) electrons. The van der Waals surface area contributed by atoms with Gasteiger partial charge < -0.3 is 15.6 Å². The highest BCUT2D eigenvalue weighted by Gasteiger charge is 2.28. The fourth-order valence-electron chi connectivity index (χ4n) is 2.23. The van der Waals surface area contributed by atoms with E-state index in [9.17, 15) is 5.11 Å². The van der Waals surface area contributed by atoms with Gasteiger partial charge in [-0.3, -0.25) is 0 Å². The minimum atomic E-state index is -1.00. The van der Waals surface area contributed by atoms with Gasteiger partial charge in [0, 0.05) is 5.56 Å². The Bertz CT molecular complexity index is 572. The zero-order chi connectivity index (χ0) is 14.0. The average molecular weight is 259 g/mol. The number of ether oxygens (including phenoxy) is 1. The molecule has 0 unspecified atom stereocenters. The molecule has 102 valence electrons. The first-order valence-electron chi connectivity index (χ1n) is 6.57. The lowest BCUT2D eigenvalue weighted by Gasteiger charge is -2.28. The van der Waals surface area contributed by atoms with Crippen LogP contribution in [0.25, 0.3) is 10.8 Å². The minimum absolute atomic E-state index is 0.500. The molecule has 0 aliphatic carbocycles. The zero-order valence-electron chi connectivity index (χ0n) is 11.7. The van der Waals surface area contributed by atoms with E-state index in [1.165, 1.54) is 0 Å². The summed E-state index contributed by atoms with van der Waals surface area (Å²) >= 11 is 0. The van der Waals surface area contributed by atoms with E-state index in [4.69, 9.17) is 10.5 Å². The van der Waals surface area contributed by atoms with Gasteiger partial charge >= 0.3 is 0 Å². The maximum atomic E-state index is 10.2. The highest BCUT2D eigenvalue weighted by Crippen LogP contribution is 2.36. The monoisotopic (exact) mass is 259 g/mol. The first-order valence-corrected chi connectivity index (χ1v) is 6.57. The highest BCUT2D eigenvalue weighted by atomic mass is 16.5. The molecule has 3 N–H and O–H groups in total. The molecule has 0 saturated heterocycles. The van der Waals surface area contributed by atoms with Crippen LogP contribution in [-0.2, 0) is 0 Å². The van der Waals surface area contributed by atoms with Gasteiger partial charge in [0.15, 0.2) is 0 Å².